The molecule has 1 aromatic carbocycles. The van der Waals surface area contributed by atoms with Crippen LogP contribution in [0.5, 0.6) is 0 Å². The lowest BCUT2D eigenvalue weighted by atomic mass is 9.98. The number of amides is 3. The first kappa shape index (κ1) is 12.1. The zero-order valence-corrected chi connectivity index (χ0v) is 10.4. The van der Waals surface area contributed by atoms with E-state index in [1.165, 1.54) is 23.1 Å². The molecule has 2 unspecified atom stereocenters. The lowest BCUT2D eigenvalue weighted by molar-refractivity contribution is -0.124. The Labute approximate surface area is 109 Å². The monoisotopic (exact) mass is 264 g/mol. The van der Waals surface area contributed by atoms with Gasteiger partial charge in [-0.3, -0.25) is 4.79 Å². The highest BCUT2D eigenvalue weighted by Crippen LogP contribution is 2.30. The van der Waals surface area contributed by atoms with E-state index in [1.54, 1.807) is 13.1 Å². The van der Waals surface area contributed by atoms with E-state index in [-0.39, 0.29) is 23.6 Å². The van der Waals surface area contributed by atoms with Gasteiger partial charge in [0, 0.05) is 7.05 Å². The second-order valence-electron chi connectivity index (χ2n) is 4.76. The Balaban J connectivity index is 2.00. The molecule has 6 heteroatoms. The van der Waals surface area contributed by atoms with Crippen LogP contribution in [0.15, 0.2) is 24.3 Å². The molecule has 2 fully saturated rings. The summed E-state index contributed by atoms with van der Waals surface area (Å²) in [6.07, 6.45) is 0. The second-order valence-corrected chi connectivity index (χ2v) is 4.76. The van der Waals surface area contributed by atoms with Gasteiger partial charge in [-0.2, -0.15) is 0 Å². The van der Waals surface area contributed by atoms with Crippen molar-refractivity contribution in [1.82, 2.24) is 4.90 Å². The Morgan fingerprint density at radius 2 is 2.11 bits per heavy atom. The van der Waals surface area contributed by atoms with Gasteiger partial charge in [0.25, 0.3) is 0 Å². The van der Waals surface area contributed by atoms with E-state index in [4.69, 9.17) is 4.74 Å². The van der Waals surface area contributed by atoms with Crippen molar-refractivity contribution in [3.8, 4) is 0 Å². The number of carbonyl (C=O) groups is 2. The van der Waals surface area contributed by atoms with Crippen LogP contribution in [-0.4, -0.2) is 43.1 Å². The zero-order chi connectivity index (χ0) is 13.6. The highest BCUT2D eigenvalue weighted by atomic mass is 19.1. The number of ether oxygens (including phenoxy) is 1. The molecule has 2 saturated heterocycles. The van der Waals surface area contributed by atoms with E-state index in [0.29, 0.717) is 13.2 Å². The van der Waals surface area contributed by atoms with Gasteiger partial charge in [-0.25, -0.2) is 14.1 Å². The van der Waals surface area contributed by atoms with Gasteiger partial charge < -0.3 is 9.64 Å². The molecule has 2 aliphatic heterocycles. The van der Waals surface area contributed by atoms with E-state index in [0.717, 1.165) is 4.90 Å². The zero-order valence-electron chi connectivity index (χ0n) is 10.4. The summed E-state index contributed by atoms with van der Waals surface area (Å²) in [6, 6.07) is 4.81. The molecule has 19 heavy (non-hydrogen) atoms. The molecule has 0 bridgehead atoms. The smallest absolute Gasteiger partial charge is 0.331 e. The molecule has 1 aromatic rings. The number of hydrogen-bond donors (Lipinski definition) is 0. The fourth-order valence-electron chi connectivity index (χ4n) is 2.57. The Kier molecular flexibility index (Phi) is 2.74. The maximum absolute atomic E-state index is 13.3. The number of hydrogen-bond acceptors (Lipinski definition) is 3. The molecule has 0 spiro atoms. The Morgan fingerprint density at radius 1 is 1.32 bits per heavy atom. The largest absolute Gasteiger partial charge is 0.378 e. The van der Waals surface area contributed by atoms with Gasteiger partial charge in [0.15, 0.2) is 0 Å². The number of anilines is 1. The standard InChI is InChI=1S/C13H13FN2O3/c1-15-11-7-19-6-10(11)12(17)16(13(15)18)9-4-2-3-8(14)5-9/h2-5,10-11H,6-7H2,1H3. The van der Waals surface area contributed by atoms with Crippen molar-refractivity contribution in [2.75, 3.05) is 25.2 Å². The first-order valence-electron chi connectivity index (χ1n) is 6.03. The number of likely N-dealkylation sites (N-methyl/N-ethyl adjacent to an activating group) is 1. The second kappa shape index (κ2) is 4.31. The van der Waals surface area contributed by atoms with Crippen LogP contribution in [-0.2, 0) is 9.53 Å². The highest BCUT2D eigenvalue weighted by Gasteiger charge is 2.48. The van der Waals surface area contributed by atoms with Crippen LogP contribution in [0.2, 0.25) is 0 Å². The average molecular weight is 264 g/mol. The van der Waals surface area contributed by atoms with Crippen LogP contribution >= 0.6 is 0 Å². The van der Waals surface area contributed by atoms with E-state index in [2.05, 4.69) is 0 Å². The molecule has 3 amide bonds. The number of carbonyl (C=O) groups excluding carboxylic acids is 2. The normalized spacial score (nSPS) is 26.8. The summed E-state index contributed by atoms with van der Waals surface area (Å²) in [4.78, 5) is 27.1. The molecule has 2 aliphatic rings. The Bertz CT molecular complexity index is 548. The third-order valence-corrected chi connectivity index (χ3v) is 3.64. The predicted molar refractivity (Wildman–Crippen MR) is 65.1 cm³/mol. The lowest BCUT2D eigenvalue weighted by Gasteiger charge is -2.38. The van der Waals surface area contributed by atoms with Gasteiger partial charge in [0.1, 0.15) is 5.82 Å². The number of halogens is 1. The molecule has 100 valence electrons. The minimum atomic E-state index is -0.481. The first-order valence-corrected chi connectivity index (χ1v) is 6.03. The molecule has 5 nitrogen and oxygen atoms in total. The fraction of sp³-hybridized carbons (Fsp3) is 0.385. The van der Waals surface area contributed by atoms with Crippen molar-refractivity contribution in [3.63, 3.8) is 0 Å². The molecule has 0 radical (unpaired) electrons. The molecule has 2 heterocycles. The maximum Gasteiger partial charge on any atom is 0.331 e. The quantitative estimate of drug-likeness (QED) is 0.766. The van der Waals surface area contributed by atoms with Crippen LogP contribution < -0.4 is 4.90 Å². The van der Waals surface area contributed by atoms with Crippen LogP contribution in [0, 0.1) is 11.7 Å². The summed E-state index contributed by atoms with van der Waals surface area (Å²) in [6.45, 7) is 0.669. The average Bonchev–Trinajstić information content (AvgIpc) is 2.86. The van der Waals surface area contributed by atoms with E-state index < -0.39 is 11.8 Å². The lowest BCUT2D eigenvalue weighted by Crippen LogP contribution is -2.60. The van der Waals surface area contributed by atoms with Crippen molar-refractivity contribution in [2.45, 2.75) is 6.04 Å². The summed E-state index contributed by atoms with van der Waals surface area (Å²) in [5.41, 5.74) is 0.257. The molecular formula is C13H13FN2O3. The summed E-state index contributed by atoms with van der Waals surface area (Å²) in [5.74, 6) is -1.17. The van der Waals surface area contributed by atoms with Gasteiger partial charge in [0.2, 0.25) is 5.91 Å². The Morgan fingerprint density at radius 3 is 2.84 bits per heavy atom. The predicted octanol–water partition coefficient (Wildman–Crippen LogP) is 1.24. The summed E-state index contributed by atoms with van der Waals surface area (Å²) in [5, 5.41) is 0. The fourth-order valence-corrected chi connectivity index (χ4v) is 2.57. The van der Waals surface area contributed by atoms with E-state index >= 15 is 0 Å². The van der Waals surface area contributed by atoms with Gasteiger partial charge in [-0.05, 0) is 18.2 Å². The highest BCUT2D eigenvalue weighted by molar-refractivity contribution is 6.17. The van der Waals surface area contributed by atoms with Gasteiger partial charge >= 0.3 is 6.03 Å². The molecule has 0 N–H and O–H groups in total. The number of benzene rings is 1. The molecule has 3 rings (SSSR count). The van der Waals surface area contributed by atoms with E-state index in [1.807, 2.05) is 0 Å². The minimum Gasteiger partial charge on any atom is -0.378 e. The molecule has 2 atom stereocenters. The van der Waals surface area contributed by atoms with Crippen LogP contribution in [0.3, 0.4) is 0 Å². The third-order valence-electron chi connectivity index (χ3n) is 3.64. The summed E-state index contributed by atoms with van der Waals surface area (Å²) in [7, 11) is 1.63. The summed E-state index contributed by atoms with van der Waals surface area (Å²) < 4.78 is 18.5. The van der Waals surface area contributed by atoms with Crippen molar-refractivity contribution in [1.29, 1.82) is 0 Å². The first-order chi connectivity index (χ1) is 9.09. The van der Waals surface area contributed by atoms with Gasteiger partial charge in [-0.15, -0.1) is 0 Å². The van der Waals surface area contributed by atoms with Crippen molar-refractivity contribution in [2.24, 2.45) is 5.92 Å². The van der Waals surface area contributed by atoms with Crippen LogP contribution in [0.1, 0.15) is 0 Å². The minimum absolute atomic E-state index is 0.218. The molecule has 0 aliphatic carbocycles. The number of urea groups is 1. The van der Waals surface area contributed by atoms with Crippen molar-refractivity contribution >= 4 is 17.6 Å². The SMILES string of the molecule is CN1C(=O)N(c2cccc(F)c2)C(=O)C2COCC21. The van der Waals surface area contributed by atoms with E-state index in [9.17, 15) is 14.0 Å². The topological polar surface area (TPSA) is 49.9 Å². The summed E-state index contributed by atoms with van der Waals surface area (Å²) >= 11 is 0. The molecular weight excluding hydrogens is 251 g/mol. The number of fused-ring (bicyclic) bond motifs is 1. The molecule has 0 saturated carbocycles. The molecule has 0 aromatic heterocycles. The third kappa shape index (κ3) is 1.79. The van der Waals surface area contributed by atoms with Crippen molar-refractivity contribution < 1.29 is 18.7 Å². The number of rotatable bonds is 1. The van der Waals surface area contributed by atoms with Gasteiger partial charge in [-0.1, -0.05) is 6.07 Å². The number of imide groups is 1. The van der Waals surface area contributed by atoms with Crippen molar-refractivity contribution in [3.05, 3.63) is 30.1 Å². The number of nitrogens with zero attached hydrogens (tertiary/aromatic N) is 2. The maximum atomic E-state index is 13.3. The Hall–Kier alpha value is -1.95. The van der Waals surface area contributed by atoms with Gasteiger partial charge in [0.05, 0.1) is 30.9 Å². The van der Waals surface area contributed by atoms with Crippen LogP contribution in [0.25, 0.3) is 0 Å². The van der Waals surface area contributed by atoms with Crippen LogP contribution in [0.4, 0.5) is 14.9 Å².